The molecule has 0 bridgehead atoms. The average molecular weight is 323 g/mol. The highest BCUT2D eigenvalue weighted by molar-refractivity contribution is 5.81. The molecule has 0 fully saturated rings. The lowest BCUT2D eigenvalue weighted by molar-refractivity contribution is -0.127. The largest absolute Gasteiger partial charge is 0.481 e. The highest BCUT2D eigenvalue weighted by Gasteiger charge is 2.19. The van der Waals surface area contributed by atoms with Gasteiger partial charge in [0.05, 0.1) is 6.04 Å². The van der Waals surface area contributed by atoms with E-state index in [-0.39, 0.29) is 11.9 Å². The quantitative estimate of drug-likeness (QED) is 0.898. The fourth-order valence-electron chi connectivity index (χ4n) is 3.15. The van der Waals surface area contributed by atoms with Gasteiger partial charge in [0, 0.05) is 0 Å². The van der Waals surface area contributed by atoms with E-state index in [0.717, 1.165) is 12.0 Å². The fourth-order valence-corrected chi connectivity index (χ4v) is 3.15. The summed E-state index contributed by atoms with van der Waals surface area (Å²) >= 11 is 0. The SMILES string of the molecule is Cc1ccc(OC(C)C(=O)NC(C)c2ccc3c(c2)CCC3)cc1. The summed E-state index contributed by atoms with van der Waals surface area (Å²) in [7, 11) is 0. The van der Waals surface area contributed by atoms with Crippen molar-refractivity contribution in [3.63, 3.8) is 0 Å². The van der Waals surface area contributed by atoms with Gasteiger partial charge >= 0.3 is 0 Å². The molecule has 0 radical (unpaired) electrons. The van der Waals surface area contributed by atoms with Gasteiger partial charge < -0.3 is 10.1 Å². The lowest BCUT2D eigenvalue weighted by Gasteiger charge is -2.19. The first kappa shape index (κ1) is 16.6. The van der Waals surface area contributed by atoms with Crippen molar-refractivity contribution < 1.29 is 9.53 Å². The maximum atomic E-state index is 12.4. The number of carbonyl (C=O) groups is 1. The van der Waals surface area contributed by atoms with Crippen LogP contribution in [0.25, 0.3) is 0 Å². The van der Waals surface area contributed by atoms with Crippen molar-refractivity contribution in [1.82, 2.24) is 5.32 Å². The van der Waals surface area contributed by atoms with Crippen LogP contribution in [0.3, 0.4) is 0 Å². The molecule has 2 unspecified atom stereocenters. The second kappa shape index (κ2) is 7.08. The summed E-state index contributed by atoms with van der Waals surface area (Å²) in [5, 5.41) is 3.05. The number of aryl methyl sites for hydroxylation is 3. The van der Waals surface area contributed by atoms with Crippen molar-refractivity contribution in [1.29, 1.82) is 0 Å². The van der Waals surface area contributed by atoms with E-state index in [4.69, 9.17) is 4.74 Å². The van der Waals surface area contributed by atoms with Crippen LogP contribution in [-0.4, -0.2) is 12.0 Å². The summed E-state index contributed by atoms with van der Waals surface area (Å²) in [6, 6.07) is 14.3. The number of ether oxygens (including phenoxy) is 1. The molecule has 0 heterocycles. The monoisotopic (exact) mass is 323 g/mol. The Hall–Kier alpha value is -2.29. The third-order valence-electron chi connectivity index (χ3n) is 4.68. The maximum absolute atomic E-state index is 12.4. The topological polar surface area (TPSA) is 38.3 Å². The molecule has 3 rings (SSSR count). The molecular formula is C21H25NO2. The number of carbonyl (C=O) groups excluding carboxylic acids is 1. The molecule has 2 aromatic carbocycles. The van der Waals surface area contributed by atoms with Crippen LogP contribution >= 0.6 is 0 Å². The molecule has 3 nitrogen and oxygen atoms in total. The molecule has 126 valence electrons. The van der Waals surface area contributed by atoms with Crippen LogP contribution in [0.2, 0.25) is 0 Å². The summed E-state index contributed by atoms with van der Waals surface area (Å²) in [6.45, 7) is 5.83. The third kappa shape index (κ3) is 3.78. The Morgan fingerprint density at radius 3 is 2.50 bits per heavy atom. The highest BCUT2D eigenvalue weighted by Crippen LogP contribution is 2.25. The number of fused-ring (bicyclic) bond motifs is 1. The van der Waals surface area contributed by atoms with E-state index in [9.17, 15) is 4.79 Å². The predicted octanol–water partition coefficient (Wildman–Crippen LogP) is 4.13. The smallest absolute Gasteiger partial charge is 0.261 e. The first-order chi connectivity index (χ1) is 11.5. The van der Waals surface area contributed by atoms with Crippen LogP contribution in [-0.2, 0) is 17.6 Å². The van der Waals surface area contributed by atoms with Gasteiger partial charge in [0.15, 0.2) is 6.10 Å². The Morgan fingerprint density at radius 2 is 1.75 bits per heavy atom. The van der Waals surface area contributed by atoms with E-state index in [0.29, 0.717) is 5.75 Å². The molecule has 2 aromatic rings. The lowest BCUT2D eigenvalue weighted by atomic mass is 10.0. The van der Waals surface area contributed by atoms with Crippen LogP contribution in [0.5, 0.6) is 5.75 Å². The highest BCUT2D eigenvalue weighted by atomic mass is 16.5. The summed E-state index contributed by atoms with van der Waals surface area (Å²) < 4.78 is 5.73. The van der Waals surface area contributed by atoms with E-state index in [1.807, 2.05) is 38.1 Å². The second-order valence-corrected chi connectivity index (χ2v) is 6.69. The lowest BCUT2D eigenvalue weighted by Crippen LogP contribution is -2.37. The van der Waals surface area contributed by atoms with Gasteiger partial charge in [-0.15, -0.1) is 0 Å². The molecule has 3 heteroatoms. The number of rotatable bonds is 5. The molecule has 1 aliphatic carbocycles. The molecule has 0 spiro atoms. The number of benzene rings is 2. The van der Waals surface area contributed by atoms with E-state index < -0.39 is 6.10 Å². The van der Waals surface area contributed by atoms with E-state index >= 15 is 0 Å². The molecule has 1 amide bonds. The molecule has 0 aromatic heterocycles. The maximum Gasteiger partial charge on any atom is 0.261 e. The van der Waals surface area contributed by atoms with Crippen molar-refractivity contribution in [2.75, 3.05) is 0 Å². The molecular weight excluding hydrogens is 298 g/mol. The third-order valence-corrected chi connectivity index (χ3v) is 4.68. The number of hydrogen-bond acceptors (Lipinski definition) is 2. The Morgan fingerprint density at radius 1 is 1.04 bits per heavy atom. The summed E-state index contributed by atoms with van der Waals surface area (Å²) in [5.41, 5.74) is 5.21. The van der Waals surface area contributed by atoms with E-state index in [2.05, 4.69) is 23.5 Å². The van der Waals surface area contributed by atoms with Crippen LogP contribution < -0.4 is 10.1 Å². The Kier molecular flexibility index (Phi) is 4.89. The van der Waals surface area contributed by atoms with Crippen LogP contribution in [0, 0.1) is 6.92 Å². The van der Waals surface area contributed by atoms with Crippen molar-refractivity contribution in [3.8, 4) is 5.75 Å². The number of nitrogens with one attached hydrogen (secondary N) is 1. The van der Waals surface area contributed by atoms with Crippen LogP contribution in [0.4, 0.5) is 0 Å². The standard InChI is InChI=1S/C21H25NO2/c1-14-7-11-20(12-8-14)24-16(3)21(23)22-15(2)18-10-9-17-5-4-6-19(17)13-18/h7-13,15-16H,4-6H2,1-3H3,(H,22,23). The van der Waals surface area contributed by atoms with E-state index in [1.165, 1.54) is 29.5 Å². The summed E-state index contributed by atoms with van der Waals surface area (Å²) in [4.78, 5) is 12.4. The normalized spacial score (nSPS) is 15.5. The van der Waals surface area contributed by atoms with Crippen molar-refractivity contribution in [2.45, 2.75) is 52.2 Å². The molecule has 1 aliphatic rings. The van der Waals surface area contributed by atoms with Gasteiger partial charge in [0.1, 0.15) is 5.75 Å². The summed E-state index contributed by atoms with van der Waals surface area (Å²) in [5.74, 6) is 0.622. The minimum atomic E-state index is -0.524. The Bertz CT molecular complexity index is 721. The van der Waals surface area contributed by atoms with Gasteiger partial charge in [-0.1, -0.05) is 35.9 Å². The minimum absolute atomic E-state index is 0.0209. The zero-order chi connectivity index (χ0) is 17.1. The number of hydrogen-bond donors (Lipinski definition) is 1. The van der Waals surface area contributed by atoms with Crippen LogP contribution in [0.1, 0.15) is 48.6 Å². The van der Waals surface area contributed by atoms with Gasteiger partial charge in [-0.25, -0.2) is 0 Å². The van der Waals surface area contributed by atoms with Crippen molar-refractivity contribution >= 4 is 5.91 Å². The molecule has 0 aliphatic heterocycles. The zero-order valence-corrected chi connectivity index (χ0v) is 14.6. The predicted molar refractivity (Wildman–Crippen MR) is 96.3 cm³/mol. The fraction of sp³-hybridized carbons (Fsp3) is 0.381. The molecule has 2 atom stereocenters. The van der Waals surface area contributed by atoms with Crippen LogP contribution in [0.15, 0.2) is 42.5 Å². The van der Waals surface area contributed by atoms with Gasteiger partial charge in [0.2, 0.25) is 0 Å². The molecule has 24 heavy (non-hydrogen) atoms. The first-order valence-corrected chi connectivity index (χ1v) is 8.68. The van der Waals surface area contributed by atoms with Gasteiger partial charge in [-0.2, -0.15) is 0 Å². The van der Waals surface area contributed by atoms with Crippen molar-refractivity contribution in [3.05, 3.63) is 64.7 Å². The Labute approximate surface area is 144 Å². The Balaban J connectivity index is 1.60. The average Bonchev–Trinajstić information content (AvgIpc) is 3.04. The van der Waals surface area contributed by atoms with Gasteiger partial charge in [0.25, 0.3) is 5.91 Å². The molecule has 0 saturated carbocycles. The molecule has 1 N–H and O–H groups in total. The minimum Gasteiger partial charge on any atom is -0.481 e. The summed E-state index contributed by atoms with van der Waals surface area (Å²) in [6.07, 6.45) is 3.04. The number of amides is 1. The van der Waals surface area contributed by atoms with E-state index in [1.54, 1.807) is 6.92 Å². The van der Waals surface area contributed by atoms with Gasteiger partial charge in [-0.3, -0.25) is 4.79 Å². The molecule has 0 saturated heterocycles. The van der Waals surface area contributed by atoms with Gasteiger partial charge in [-0.05, 0) is 68.9 Å². The first-order valence-electron chi connectivity index (χ1n) is 8.68. The zero-order valence-electron chi connectivity index (χ0n) is 14.6. The second-order valence-electron chi connectivity index (χ2n) is 6.69. The van der Waals surface area contributed by atoms with Crippen molar-refractivity contribution in [2.24, 2.45) is 0 Å².